The molecule has 0 saturated heterocycles. The van der Waals surface area contributed by atoms with Gasteiger partial charge in [-0.05, 0) is 17.5 Å². The molecule has 2 aromatic rings. The Bertz CT molecular complexity index is 593. The fourth-order valence-corrected chi connectivity index (χ4v) is 2.75. The van der Waals surface area contributed by atoms with Crippen LogP contribution in [0, 0.1) is 0 Å². The molecule has 5 heteroatoms. The van der Waals surface area contributed by atoms with Gasteiger partial charge in [0, 0.05) is 18.5 Å². The highest BCUT2D eigenvalue weighted by atomic mass is 32.1. The molecule has 4 nitrogen and oxygen atoms in total. The number of hydrogen-bond acceptors (Lipinski definition) is 4. The SMILES string of the molecule is Nc1nc(C(=O)N2CCc3ccccc3C2)cs1. The number of aromatic nitrogens is 1. The molecule has 0 bridgehead atoms. The number of thiazole rings is 1. The number of carbonyl (C=O) groups is 1. The molecule has 0 saturated carbocycles. The van der Waals surface area contributed by atoms with Gasteiger partial charge in [0.1, 0.15) is 5.69 Å². The molecule has 2 N–H and O–H groups in total. The number of hydrogen-bond donors (Lipinski definition) is 1. The highest BCUT2D eigenvalue weighted by molar-refractivity contribution is 7.13. The van der Waals surface area contributed by atoms with E-state index < -0.39 is 0 Å². The highest BCUT2D eigenvalue weighted by Crippen LogP contribution is 2.21. The van der Waals surface area contributed by atoms with Gasteiger partial charge in [-0.1, -0.05) is 24.3 Å². The van der Waals surface area contributed by atoms with Crippen molar-refractivity contribution >= 4 is 22.4 Å². The van der Waals surface area contributed by atoms with Crippen molar-refractivity contribution in [3.8, 4) is 0 Å². The number of fused-ring (bicyclic) bond motifs is 1. The minimum absolute atomic E-state index is 0.0301. The minimum atomic E-state index is -0.0301. The van der Waals surface area contributed by atoms with Crippen molar-refractivity contribution in [3.63, 3.8) is 0 Å². The van der Waals surface area contributed by atoms with Crippen LogP contribution in [0.1, 0.15) is 21.6 Å². The fraction of sp³-hybridized carbons (Fsp3) is 0.231. The van der Waals surface area contributed by atoms with Gasteiger partial charge in [0.2, 0.25) is 0 Å². The van der Waals surface area contributed by atoms with Crippen molar-refractivity contribution in [1.82, 2.24) is 9.88 Å². The average Bonchev–Trinajstić information content (AvgIpc) is 2.84. The summed E-state index contributed by atoms with van der Waals surface area (Å²) < 4.78 is 0. The topological polar surface area (TPSA) is 59.2 Å². The Hall–Kier alpha value is -1.88. The van der Waals surface area contributed by atoms with Gasteiger partial charge >= 0.3 is 0 Å². The first kappa shape index (κ1) is 11.2. The molecule has 1 aromatic carbocycles. The van der Waals surface area contributed by atoms with Crippen molar-refractivity contribution in [2.45, 2.75) is 13.0 Å². The first-order valence-electron chi connectivity index (χ1n) is 5.81. The summed E-state index contributed by atoms with van der Waals surface area (Å²) in [5.74, 6) is -0.0301. The summed E-state index contributed by atoms with van der Waals surface area (Å²) in [4.78, 5) is 18.1. The van der Waals surface area contributed by atoms with E-state index in [4.69, 9.17) is 5.73 Å². The number of nitrogens with two attached hydrogens (primary N) is 1. The Morgan fingerprint density at radius 2 is 2.11 bits per heavy atom. The van der Waals surface area contributed by atoms with Gasteiger partial charge in [-0.3, -0.25) is 4.79 Å². The Morgan fingerprint density at radius 1 is 1.33 bits per heavy atom. The molecule has 2 heterocycles. The number of carbonyl (C=O) groups excluding carboxylic acids is 1. The van der Waals surface area contributed by atoms with Gasteiger partial charge in [0.05, 0.1) is 0 Å². The summed E-state index contributed by atoms with van der Waals surface area (Å²) in [6.07, 6.45) is 0.904. The number of anilines is 1. The highest BCUT2D eigenvalue weighted by Gasteiger charge is 2.22. The lowest BCUT2D eigenvalue weighted by Gasteiger charge is -2.28. The van der Waals surface area contributed by atoms with Gasteiger partial charge in [-0.2, -0.15) is 0 Å². The molecule has 3 rings (SSSR count). The lowest BCUT2D eigenvalue weighted by atomic mass is 10.00. The second-order valence-corrected chi connectivity index (χ2v) is 5.21. The summed E-state index contributed by atoms with van der Waals surface area (Å²) in [6, 6.07) is 8.24. The first-order chi connectivity index (χ1) is 8.74. The maximum Gasteiger partial charge on any atom is 0.273 e. The van der Waals surface area contributed by atoms with Crippen molar-refractivity contribution in [3.05, 3.63) is 46.5 Å². The van der Waals surface area contributed by atoms with Crippen LogP contribution in [0.25, 0.3) is 0 Å². The number of nitrogens with zero attached hydrogens (tertiary/aromatic N) is 2. The summed E-state index contributed by atoms with van der Waals surface area (Å²) >= 11 is 1.30. The van der Waals surface area contributed by atoms with Crippen LogP contribution in [0.3, 0.4) is 0 Å². The second kappa shape index (κ2) is 4.42. The zero-order chi connectivity index (χ0) is 12.5. The Labute approximate surface area is 109 Å². The van der Waals surface area contributed by atoms with E-state index in [0.717, 1.165) is 13.0 Å². The largest absolute Gasteiger partial charge is 0.375 e. The van der Waals surface area contributed by atoms with E-state index in [1.54, 1.807) is 5.38 Å². The van der Waals surface area contributed by atoms with E-state index in [1.807, 2.05) is 17.0 Å². The Balaban J connectivity index is 1.82. The van der Waals surface area contributed by atoms with E-state index in [1.165, 1.54) is 22.5 Å². The number of rotatable bonds is 1. The van der Waals surface area contributed by atoms with Crippen molar-refractivity contribution in [2.75, 3.05) is 12.3 Å². The molecule has 0 spiro atoms. The Kier molecular flexibility index (Phi) is 2.76. The van der Waals surface area contributed by atoms with Crippen LogP contribution < -0.4 is 5.73 Å². The summed E-state index contributed by atoms with van der Waals surface area (Å²) in [5.41, 5.74) is 8.57. The lowest BCUT2D eigenvalue weighted by molar-refractivity contribution is 0.0729. The molecule has 92 valence electrons. The lowest BCUT2D eigenvalue weighted by Crippen LogP contribution is -2.36. The smallest absolute Gasteiger partial charge is 0.273 e. The number of amides is 1. The van der Waals surface area contributed by atoms with E-state index in [9.17, 15) is 4.79 Å². The van der Waals surface area contributed by atoms with Gasteiger partial charge < -0.3 is 10.6 Å². The molecule has 1 aliphatic heterocycles. The quantitative estimate of drug-likeness (QED) is 0.851. The monoisotopic (exact) mass is 259 g/mol. The predicted octanol–water partition coefficient (Wildman–Crippen LogP) is 1.92. The number of nitrogen functional groups attached to an aromatic ring is 1. The van der Waals surface area contributed by atoms with Crippen LogP contribution in [-0.4, -0.2) is 22.3 Å². The van der Waals surface area contributed by atoms with Crippen molar-refractivity contribution < 1.29 is 4.79 Å². The maximum atomic E-state index is 12.2. The summed E-state index contributed by atoms with van der Waals surface area (Å²) in [5, 5.41) is 2.16. The minimum Gasteiger partial charge on any atom is -0.375 e. The van der Waals surface area contributed by atoms with Gasteiger partial charge in [0.15, 0.2) is 5.13 Å². The van der Waals surface area contributed by atoms with Crippen LogP contribution in [0.2, 0.25) is 0 Å². The molecular formula is C13H13N3OS. The zero-order valence-corrected chi connectivity index (χ0v) is 10.6. The van der Waals surface area contributed by atoms with Crippen LogP contribution in [0.5, 0.6) is 0 Å². The van der Waals surface area contributed by atoms with E-state index in [2.05, 4.69) is 17.1 Å². The molecule has 0 aliphatic carbocycles. The molecule has 1 amide bonds. The molecule has 0 radical (unpaired) electrons. The molecular weight excluding hydrogens is 246 g/mol. The second-order valence-electron chi connectivity index (χ2n) is 4.32. The predicted molar refractivity (Wildman–Crippen MR) is 71.4 cm³/mol. The third kappa shape index (κ3) is 1.97. The van der Waals surface area contributed by atoms with Crippen LogP contribution in [-0.2, 0) is 13.0 Å². The number of benzene rings is 1. The van der Waals surface area contributed by atoms with E-state index in [-0.39, 0.29) is 5.91 Å². The third-order valence-corrected chi connectivity index (χ3v) is 3.83. The molecule has 1 aliphatic rings. The van der Waals surface area contributed by atoms with E-state index >= 15 is 0 Å². The zero-order valence-electron chi connectivity index (χ0n) is 9.80. The first-order valence-corrected chi connectivity index (χ1v) is 6.69. The fourth-order valence-electron chi connectivity index (χ4n) is 2.22. The summed E-state index contributed by atoms with van der Waals surface area (Å²) in [6.45, 7) is 1.40. The molecule has 18 heavy (non-hydrogen) atoms. The molecule has 0 atom stereocenters. The van der Waals surface area contributed by atoms with Crippen molar-refractivity contribution in [2.24, 2.45) is 0 Å². The van der Waals surface area contributed by atoms with E-state index in [0.29, 0.717) is 17.4 Å². The van der Waals surface area contributed by atoms with Crippen LogP contribution in [0.4, 0.5) is 5.13 Å². The third-order valence-electron chi connectivity index (χ3n) is 3.16. The normalized spacial score (nSPS) is 14.3. The molecule has 0 unspecified atom stereocenters. The average molecular weight is 259 g/mol. The molecule has 0 fully saturated rings. The van der Waals surface area contributed by atoms with Crippen molar-refractivity contribution in [1.29, 1.82) is 0 Å². The Morgan fingerprint density at radius 3 is 2.83 bits per heavy atom. The van der Waals surface area contributed by atoms with Gasteiger partial charge in [-0.15, -0.1) is 11.3 Å². The van der Waals surface area contributed by atoms with Gasteiger partial charge in [0.25, 0.3) is 5.91 Å². The summed E-state index contributed by atoms with van der Waals surface area (Å²) in [7, 11) is 0. The maximum absolute atomic E-state index is 12.2. The standard InChI is InChI=1S/C13H13N3OS/c14-13-15-11(8-18-13)12(17)16-6-5-9-3-1-2-4-10(9)7-16/h1-4,8H,5-7H2,(H2,14,15). The molecule has 1 aromatic heterocycles. The van der Waals surface area contributed by atoms with Crippen LogP contribution >= 0.6 is 11.3 Å². The van der Waals surface area contributed by atoms with Crippen LogP contribution in [0.15, 0.2) is 29.6 Å². The van der Waals surface area contributed by atoms with Gasteiger partial charge in [-0.25, -0.2) is 4.98 Å².